The van der Waals surface area contributed by atoms with Gasteiger partial charge >= 0.3 is 0 Å². The van der Waals surface area contributed by atoms with Crippen molar-refractivity contribution in [3.05, 3.63) is 59.5 Å². The van der Waals surface area contributed by atoms with Crippen LogP contribution in [0, 0.1) is 5.82 Å². The van der Waals surface area contributed by atoms with Crippen molar-refractivity contribution in [3.63, 3.8) is 0 Å². The summed E-state index contributed by atoms with van der Waals surface area (Å²) in [5.74, 6) is 2.15. The lowest BCUT2D eigenvalue weighted by Gasteiger charge is -2.12. The number of hydrogen-bond acceptors (Lipinski definition) is 4. The smallest absolute Gasteiger partial charge is 0.251 e. The van der Waals surface area contributed by atoms with Gasteiger partial charge in [-0.1, -0.05) is 12.1 Å². The number of thioether (sulfide) groups is 1. The van der Waals surface area contributed by atoms with Crippen molar-refractivity contribution >= 4 is 17.7 Å². The highest BCUT2D eigenvalue weighted by atomic mass is 32.2. The van der Waals surface area contributed by atoms with Gasteiger partial charge in [-0.05, 0) is 42.4 Å². The minimum absolute atomic E-state index is 0.162. The number of halogens is 1. The summed E-state index contributed by atoms with van der Waals surface area (Å²) in [4.78, 5) is 16.4. The minimum Gasteiger partial charge on any atom is -0.473 e. The molecule has 24 heavy (non-hydrogen) atoms. The van der Waals surface area contributed by atoms with Crippen molar-refractivity contribution in [1.82, 2.24) is 10.3 Å². The number of ether oxygens (including phenoxy) is 1. The van der Waals surface area contributed by atoms with Crippen molar-refractivity contribution in [2.24, 2.45) is 0 Å². The lowest BCUT2D eigenvalue weighted by atomic mass is 10.1. The second-order valence-corrected chi connectivity index (χ2v) is 6.77. The van der Waals surface area contributed by atoms with Crippen LogP contribution < -0.4 is 10.1 Å². The molecule has 1 aromatic heterocycles. The zero-order valence-electron chi connectivity index (χ0n) is 13.2. The van der Waals surface area contributed by atoms with Crippen LogP contribution in [-0.4, -0.2) is 35.0 Å². The van der Waals surface area contributed by atoms with Gasteiger partial charge in [0.1, 0.15) is 11.9 Å². The molecular formula is C18H19FN2O2S. The third-order valence-corrected chi connectivity index (χ3v) is 4.92. The first-order valence-electron chi connectivity index (χ1n) is 7.94. The van der Waals surface area contributed by atoms with Gasteiger partial charge in [0.15, 0.2) is 0 Å². The van der Waals surface area contributed by atoms with Crippen molar-refractivity contribution in [2.45, 2.75) is 18.9 Å². The number of amides is 1. The first-order valence-corrected chi connectivity index (χ1v) is 9.09. The van der Waals surface area contributed by atoms with E-state index in [-0.39, 0.29) is 17.8 Å². The Morgan fingerprint density at radius 2 is 2.17 bits per heavy atom. The molecule has 4 nitrogen and oxygen atoms in total. The molecule has 1 saturated heterocycles. The van der Waals surface area contributed by atoms with Crippen LogP contribution in [0.3, 0.4) is 0 Å². The van der Waals surface area contributed by atoms with Crippen molar-refractivity contribution in [3.8, 4) is 5.88 Å². The molecule has 1 unspecified atom stereocenters. The predicted octanol–water partition coefficient (Wildman–Crippen LogP) is 3.08. The molecule has 126 valence electrons. The average Bonchev–Trinajstić information content (AvgIpc) is 3.10. The van der Waals surface area contributed by atoms with Gasteiger partial charge in [0.05, 0.1) is 0 Å². The number of nitrogens with one attached hydrogen (secondary N) is 1. The molecule has 0 bridgehead atoms. The lowest BCUT2D eigenvalue weighted by Crippen LogP contribution is -2.26. The Bertz CT molecular complexity index is 688. The average molecular weight is 346 g/mol. The molecule has 1 fully saturated rings. The summed E-state index contributed by atoms with van der Waals surface area (Å²) in [5, 5.41) is 2.86. The summed E-state index contributed by atoms with van der Waals surface area (Å²) in [6.45, 7) is 0.488. The van der Waals surface area contributed by atoms with Gasteiger partial charge in [0.25, 0.3) is 5.91 Å². The van der Waals surface area contributed by atoms with Crippen LogP contribution in [0.25, 0.3) is 0 Å². The fourth-order valence-electron chi connectivity index (χ4n) is 2.47. The van der Waals surface area contributed by atoms with Crippen LogP contribution in [0.4, 0.5) is 4.39 Å². The molecular weight excluding hydrogens is 327 g/mol. The van der Waals surface area contributed by atoms with Gasteiger partial charge < -0.3 is 10.1 Å². The van der Waals surface area contributed by atoms with Crippen LogP contribution in [0.15, 0.2) is 42.6 Å². The van der Waals surface area contributed by atoms with Gasteiger partial charge in [0.2, 0.25) is 5.88 Å². The first kappa shape index (κ1) is 16.8. The highest BCUT2D eigenvalue weighted by molar-refractivity contribution is 7.99. The number of carbonyl (C=O) groups is 1. The van der Waals surface area contributed by atoms with Crippen LogP contribution in [-0.2, 0) is 6.42 Å². The van der Waals surface area contributed by atoms with E-state index in [1.54, 1.807) is 30.5 Å². The monoisotopic (exact) mass is 346 g/mol. The second-order valence-electron chi connectivity index (χ2n) is 5.62. The zero-order valence-corrected chi connectivity index (χ0v) is 14.0. The predicted molar refractivity (Wildman–Crippen MR) is 93.0 cm³/mol. The van der Waals surface area contributed by atoms with Gasteiger partial charge in [-0.3, -0.25) is 4.79 Å². The normalized spacial score (nSPS) is 16.8. The van der Waals surface area contributed by atoms with Gasteiger partial charge in [-0.25, -0.2) is 9.37 Å². The van der Waals surface area contributed by atoms with E-state index in [4.69, 9.17) is 4.74 Å². The molecule has 0 radical (unpaired) electrons. The summed E-state index contributed by atoms with van der Waals surface area (Å²) in [6.07, 6.45) is 3.44. The van der Waals surface area contributed by atoms with Crippen molar-refractivity contribution in [1.29, 1.82) is 0 Å². The molecule has 1 atom stereocenters. The standard InChI is InChI=1S/C18H19FN2O2S/c19-15-3-1-13(2-4-15)5-8-21-18(22)14-6-9-20-17(11-14)23-16-7-10-24-12-16/h1-4,6,9,11,16H,5,7-8,10,12H2,(H,21,22). The van der Waals surface area contributed by atoms with Crippen LogP contribution in [0.5, 0.6) is 5.88 Å². The Balaban J connectivity index is 1.51. The summed E-state index contributed by atoms with van der Waals surface area (Å²) in [7, 11) is 0. The number of rotatable bonds is 6. The number of hydrogen-bond donors (Lipinski definition) is 1. The number of aromatic nitrogens is 1. The Morgan fingerprint density at radius 3 is 2.92 bits per heavy atom. The number of pyridine rings is 1. The molecule has 2 aromatic rings. The van der Waals surface area contributed by atoms with Crippen LogP contribution in [0.1, 0.15) is 22.3 Å². The van der Waals surface area contributed by atoms with Crippen molar-refractivity contribution < 1.29 is 13.9 Å². The summed E-state index contributed by atoms with van der Waals surface area (Å²) < 4.78 is 18.7. The highest BCUT2D eigenvalue weighted by Gasteiger charge is 2.18. The van der Waals surface area contributed by atoms with E-state index in [0.717, 1.165) is 23.5 Å². The molecule has 3 rings (SSSR count). The fraction of sp³-hybridized carbons (Fsp3) is 0.333. The van der Waals surface area contributed by atoms with E-state index in [9.17, 15) is 9.18 Å². The minimum atomic E-state index is -0.257. The van der Waals surface area contributed by atoms with Gasteiger partial charge in [-0.2, -0.15) is 11.8 Å². The van der Waals surface area contributed by atoms with Gasteiger partial charge in [0, 0.05) is 30.1 Å². The molecule has 1 aliphatic rings. The maximum absolute atomic E-state index is 12.9. The molecule has 0 aliphatic carbocycles. The Morgan fingerprint density at radius 1 is 1.33 bits per heavy atom. The lowest BCUT2D eigenvalue weighted by molar-refractivity contribution is 0.0953. The summed E-state index contributed by atoms with van der Waals surface area (Å²) >= 11 is 1.87. The third kappa shape index (κ3) is 4.71. The second kappa shape index (κ2) is 8.15. The first-order chi connectivity index (χ1) is 11.7. The van der Waals surface area contributed by atoms with E-state index in [1.165, 1.54) is 12.1 Å². The topological polar surface area (TPSA) is 51.2 Å². The van der Waals surface area contributed by atoms with E-state index in [2.05, 4.69) is 10.3 Å². The van der Waals surface area contributed by atoms with E-state index >= 15 is 0 Å². The molecule has 1 aliphatic heterocycles. The number of benzene rings is 1. The maximum atomic E-state index is 12.9. The number of carbonyl (C=O) groups excluding carboxylic acids is 1. The van der Waals surface area contributed by atoms with Crippen LogP contribution in [0.2, 0.25) is 0 Å². The van der Waals surface area contributed by atoms with E-state index in [1.807, 2.05) is 11.8 Å². The Hall–Kier alpha value is -2.08. The molecule has 1 N–H and O–H groups in total. The summed E-state index contributed by atoms with van der Waals surface area (Å²) in [6, 6.07) is 9.63. The summed E-state index contributed by atoms with van der Waals surface area (Å²) in [5.41, 5.74) is 1.51. The van der Waals surface area contributed by atoms with E-state index < -0.39 is 0 Å². The molecule has 0 saturated carbocycles. The Labute approximate surface area is 144 Å². The number of nitrogens with zero attached hydrogens (tertiary/aromatic N) is 1. The fourth-order valence-corrected chi connectivity index (χ4v) is 3.56. The van der Waals surface area contributed by atoms with Crippen molar-refractivity contribution in [2.75, 3.05) is 18.1 Å². The SMILES string of the molecule is O=C(NCCc1ccc(F)cc1)c1ccnc(OC2CCSC2)c1. The molecule has 2 heterocycles. The van der Waals surface area contributed by atoms with E-state index in [0.29, 0.717) is 24.4 Å². The van der Waals surface area contributed by atoms with Crippen LogP contribution >= 0.6 is 11.8 Å². The highest BCUT2D eigenvalue weighted by Crippen LogP contribution is 2.22. The molecule has 1 aromatic carbocycles. The third-order valence-electron chi connectivity index (χ3n) is 3.78. The molecule has 0 spiro atoms. The quantitative estimate of drug-likeness (QED) is 0.873. The maximum Gasteiger partial charge on any atom is 0.251 e. The molecule has 6 heteroatoms. The largest absolute Gasteiger partial charge is 0.473 e. The Kier molecular flexibility index (Phi) is 5.69. The molecule has 1 amide bonds. The zero-order chi connectivity index (χ0) is 16.8. The van der Waals surface area contributed by atoms with Gasteiger partial charge in [-0.15, -0.1) is 0 Å².